The summed E-state index contributed by atoms with van der Waals surface area (Å²) >= 11 is 0. The van der Waals surface area contributed by atoms with Gasteiger partial charge in [-0.15, -0.1) is 0 Å². The Labute approximate surface area is 196 Å². The highest BCUT2D eigenvalue weighted by Crippen LogP contribution is 2.49. The van der Waals surface area contributed by atoms with Crippen molar-refractivity contribution in [2.75, 3.05) is 41.5 Å². The fraction of sp³-hybridized carbons (Fsp3) is 0.391. The van der Waals surface area contributed by atoms with Crippen LogP contribution in [-0.2, 0) is 28.5 Å². The van der Waals surface area contributed by atoms with E-state index in [-0.39, 0.29) is 71.4 Å². The molecule has 2 aliphatic rings. The van der Waals surface area contributed by atoms with E-state index in [0.29, 0.717) is 6.42 Å². The van der Waals surface area contributed by atoms with Crippen molar-refractivity contribution < 1.29 is 47.5 Å². The van der Waals surface area contributed by atoms with E-state index in [0.717, 1.165) is 0 Å². The Morgan fingerprint density at radius 3 is 2.38 bits per heavy atom. The van der Waals surface area contributed by atoms with Crippen LogP contribution in [-0.4, -0.2) is 59.5 Å². The maximum absolute atomic E-state index is 12.8. The third-order valence-corrected chi connectivity index (χ3v) is 5.15. The third kappa shape index (κ3) is 4.60. The van der Waals surface area contributed by atoms with Crippen LogP contribution in [0, 0.1) is 0 Å². The van der Waals surface area contributed by atoms with Gasteiger partial charge in [-0.05, 0) is 18.6 Å². The monoisotopic (exact) mass is 477 g/mol. The fourth-order valence-corrected chi connectivity index (χ4v) is 3.38. The van der Waals surface area contributed by atoms with Crippen LogP contribution in [0.1, 0.15) is 29.3 Å². The number of benzene rings is 1. The lowest BCUT2D eigenvalue weighted by molar-refractivity contribution is -0.143. The molecule has 0 amide bonds. The van der Waals surface area contributed by atoms with E-state index < -0.39 is 18.0 Å². The number of hydrogen-bond donors (Lipinski definition) is 1. The average molecular weight is 477 g/mol. The zero-order valence-electron chi connectivity index (χ0n) is 19.4. The number of nitrogens with two attached hydrogens (primary N) is 1. The molecule has 1 aromatic rings. The number of ether oxygens (including phenoxy) is 8. The van der Waals surface area contributed by atoms with Gasteiger partial charge in [0.15, 0.2) is 23.0 Å². The molecular weight excluding hydrogens is 450 g/mol. The maximum atomic E-state index is 12.8. The summed E-state index contributed by atoms with van der Waals surface area (Å²) in [5.41, 5.74) is 6.34. The molecule has 2 aliphatic heterocycles. The first-order valence-corrected chi connectivity index (χ1v) is 10.3. The summed E-state index contributed by atoms with van der Waals surface area (Å²) in [5.74, 6) is -0.00240. The van der Waals surface area contributed by atoms with Gasteiger partial charge in [0.25, 0.3) is 0 Å². The predicted molar refractivity (Wildman–Crippen MR) is 118 cm³/mol. The molecule has 1 fully saturated rings. The first-order chi connectivity index (χ1) is 16.4. The van der Waals surface area contributed by atoms with Crippen molar-refractivity contribution in [1.29, 1.82) is 0 Å². The van der Waals surface area contributed by atoms with Gasteiger partial charge in [-0.25, -0.2) is 4.79 Å². The molecule has 0 aliphatic carbocycles. The number of methoxy groups -OCH3 is 3. The summed E-state index contributed by atoms with van der Waals surface area (Å²) in [6, 6.07) is 0.615. The zero-order chi connectivity index (χ0) is 24.8. The summed E-state index contributed by atoms with van der Waals surface area (Å²) in [6.07, 6.45) is 1.81. The summed E-state index contributed by atoms with van der Waals surface area (Å²) in [4.78, 5) is 25.2. The molecule has 0 aromatic heterocycles. The molecule has 1 saturated heterocycles. The van der Waals surface area contributed by atoms with Crippen molar-refractivity contribution >= 4 is 17.5 Å². The molecule has 2 heterocycles. The lowest BCUT2D eigenvalue weighted by atomic mass is 9.95. The van der Waals surface area contributed by atoms with Gasteiger partial charge in [0.2, 0.25) is 25.1 Å². The molecule has 0 spiro atoms. The second-order valence-corrected chi connectivity index (χ2v) is 7.00. The van der Waals surface area contributed by atoms with E-state index in [4.69, 9.17) is 43.6 Å². The summed E-state index contributed by atoms with van der Waals surface area (Å²) in [5, 5.41) is 0. The van der Waals surface area contributed by atoms with Gasteiger partial charge in [0.05, 0.1) is 26.9 Å². The second-order valence-electron chi connectivity index (χ2n) is 7.00. The van der Waals surface area contributed by atoms with Crippen LogP contribution in [0.2, 0.25) is 0 Å². The number of rotatable bonds is 9. The van der Waals surface area contributed by atoms with Crippen LogP contribution in [0.25, 0.3) is 5.57 Å². The quantitative estimate of drug-likeness (QED) is 0.414. The van der Waals surface area contributed by atoms with Crippen LogP contribution in [0.5, 0.6) is 17.2 Å². The van der Waals surface area contributed by atoms with E-state index in [1.54, 1.807) is 6.92 Å². The number of esters is 2. The molecule has 0 radical (unpaired) electrons. The van der Waals surface area contributed by atoms with Gasteiger partial charge < -0.3 is 43.6 Å². The topological polar surface area (TPSA) is 134 Å². The highest BCUT2D eigenvalue weighted by atomic mass is 16.7. The Morgan fingerprint density at radius 2 is 1.76 bits per heavy atom. The van der Waals surface area contributed by atoms with Gasteiger partial charge in [-0.1, -0.05) is 13.5 Å². The molecule has 11 heteroatoms. The third-order valence-electron chi connectivity index (χ3n) is 5.15. The maximum Gasteiger partial charge on any atom is 0.338 e. The highest BCUT2D eigenvalue weighted by molar-refractivity contribution is 5.99. The Morgan fingerprint density at radius 1 is 1.09 bits per heavy atom. The molecule has 2 N–H and O–H groups in total. The zero-order valence-corrected chi connectivity index (χ0v) is 19.4. The molecular formula is C23H27NO10. The number of allylic oxidation sites excluding steroid dienone is 1. The Bertz CT molecular complexity index is 1040. The molecule has 1 atom stereocenters. The number of hydrogen-bond acceptors (Lipinski definition) is 11. The minimum Gasteiger partial charge on any atom is -0.493 e. The van der Waals surface area contributed by atoms with Crippen LogP contribution in [0.15, 0.2) is 36.0 Å². The molecule has 1 aromatic carbocycles. The molecule has 184 valence electrons. The van der Waals surface area contributed by atoms with E-state index >= 15 is 0 Å². The second kappa shape index (κ2) is 10.8. The van der Waals surface area contributed by atoms with Gasteiger partial charge in [-0.3, -0.25) is 4.79 Å². The van der Waals surface area contributed by atoms with E-state index in [1.807, 2.05) is 0 Å². The summed E-state index contributed by atoms with van der Waals surface area (Å²) in [6.45, 7) is 4.86. The molecule has 11 nitrogen and oxygen atoms in total. The van der Waals surface area contributed by atoms with Crippen LogP contribution in [0.3, 0.4) is 0 Å². The van der Waals surface area contributed by atoms with Crippen molar-refractivity contribution in [2.45, 2.75) is 19.4 Å². The molecule has 0 saturated carbocycles. The van der Waals surface area contributed by atoms with Crippen molar-refractivity contribution in [2.24, 2.45) is 5.73 Å². The van der Waals surface area contributed by atoms with Crippen molar-refractivity contribution in [3.63, 3.8) is 0 Å². The summed E-state index contributed by atoms with van der Waals surface area (Å²) in [7, 11) is 4.09. The minimum atomic E-state index is -0.828. The molecule has 1 unspecified atom stereocenters. The van der Waals surface area contributed by atoms with Crippen molar-refractivity contribution in [3.05, 3.63) is 47.1 Å². The number of carbonyl (C=O) groups is 2. The molecule has 34 heavy (non-hydrogen) atoms. The number of fused-ring (bicyclic) bond motifs is 1. The van der Waals surface area contributed by atoms with E-state index in [1.165, 1.54) is 33.5 Å². The standard InChI is InChI=1S/C23H27NO10/c1-6-14(24)23(26)30-9-13(18-19(32-10-31-18)15(7-2)27-3)17-12(22(25)29-5)8-16(28-4)20-21(17)34-11-33-20/h7-8,14H,2,6,9-11,24H2,1,3-5H3/b18-13-,19-15-. The Balaban J connectivity index is 2.31. The highest BCUT2D eigenvalue weighted by Gasteiger charge is 2.36. The lowest BCUT2D eigenvalue weighted by Gasteiger charge is -2.19. The van der Waals surface area contributed by atoms with Crippen molar-refractivity contribution in [1.82, 2.24) is 0 Å². The fourth-order valence-electron chi connectivity index (χ4n) is 3.38. The van der Waals surface area contributed by atoms with Gasteiger partial charge in [0.1, 0.15) is 12.6 Å². The van der Waals surface area contributed by atoms with Gasteiger partial charge in [0, 0.05) is 11.1 Å². The SMILES string of the molecule is C=C/C(OC)=C1/OCO/C1=C(/COC(=O)C(N)CC)c1c(C(=O)OC)cc(OC)c2c1OCO2. The lowest BCUT2D eigenvalue weighted by Crippen LogP contribution is -2.32. The normalized spacial score (nSPS) is 17.7. The van der Waals surface area contributed by atoms with Crippen LogP contribution >= 0.6 is 0 Å². The van der Waals surface area contributed by atoms with E-state index in [9.17, 15) is 9.59 Å². The first kappa shape index (κ1) is 24.8. The molecule has 0 bridgehead atoms. The smallest absolute Gasteiger partial charge is 0.338 e. The number of carbonyl (C=O) groups excluding carboxylic acids is 2. The van der Waals surface area contributed by atoms with Gasteiger partial charge >= 0.3 is 11.9 Å². The first-order valence-electron chi connectivity index (χ1n) is 10.3. The van der Waals surface area contributed by atoms with Crippen LogP contribution in [0.4, 0.5) is 0 Å². The largest absolute Gasteiger partial charge is 0.493 e. The minimum absolute atomic E-state index is 0.0642. The van der Waals surface area contributed by atoms with Crippen molar-refractivity contribution in [3.8, 4) is 17.2 Å². The predicted octanol–water partition coefficient (Wildman–Crippen LogP) is 2.25. The van der Waals surface area contributed by atoms with Crippen LogP contribution < -0.4 is 19.9 Å². The average Bonchev–Trinajstić information content (AvgIpc) is 3.54. The Hall–Kier alpha value is -3.86. The van der Waals surface area contributed by atoms with Gasteiger partial charge in [-0.2, -0.15) is 0 Å². The Kier molecular flexibility index (Phi) is 7.90. The van der Waals surface area contributed by atoms with E-state index in [2.05, 4.69) is 6.58 Å². The summed E-state index contributed by atoms with van der Waals surface area (Å²) < 4.78 is 43.8. The molecule has 3 rings (SSSR count).